The Kier molecular flexibility index (Phi) is 11.1. The summed E-state index contributed by atoms with van der Waals surface area (Å²) < 4.78 is 5.97. The molecular weight excluding hydrogens is 451 g/mol. The van der Waals surface area contributed by atoms with Crippen LogP contribution in [0.1, 0.15) is 45.2 Å². The van der Waals surface area contributed by atoms with Crippen molar-refractivity contribution in [2.75, 3.05) is 32.7 Å². The minimum atomic E-state index is 0. The smallest absolute Gasteiger partial charge is 0.191 e. The van der Waals surface area contributed by atoms with Crippen molar-refractivity contribution in [3.8, 4) is 5.75 Å². The zero-order valence-electron chi connectivity index (χ0n) is 17.5. The zero-order valence-corrected chi connectivity index (χ0v) is 19.9. The Hall–Kier alpha value is -1.02. The molecule has 0 aromatic heterocycles. The maximum atomic E-state index is 5.97. The molecule has 2 rings (SSSR count). The van der Waals surface area contributed by atoms with Gasteiger partial charge in [-0.15, -0.1) is 24.0 Å². The van der Waals surface area contributed by atoms with E-state index < -0.39 is 0 Å². The molecular formula is C21H37IN4O. The van der Waals surface area contributed by atoms with Gasteiger partial charge in [0.1, 0.15) is 5.75 Å². The van der Waals surface area contributed by atoms with Crippen molar-refractivity contribution in [1.82, 2.24) is 15.5 Å². The molecule has 1 aromatic carbocycles. The summed E-state index contributed by atoms with van der Waals surface area (Å²) in [7, 11) is 0. The van der Waals surface area contributed by atoms with Crippen LogP contribution in [0.5, 0.6) is 5.75 Å². The van der Waals surface area contributed by atoms with E-state index in [1.807, 2.05) is 0 Å². The Morgan fingerprint density at radius 1 is 1.30 bits per heavy atom. The molecule has 0 saturated carbocycles. The van der Waals surface area contributed by atoms with Crippen LogP contribution in [0, 0.1) is 12.8 Å². The van der Waals surface area contributed by atoms with E-state index in [2.05, 4.69) is 68.4 Å². The highest BCUT2D eigenvalue weighted by atomic mass is 127. The van der Waals surface area contributed by atoms with E-state index >= 15 is 0 Å². The summed E-state index contributed by atoms with van der Waals surface area (Å²) >= 11 is 0. The van der Waals surface area contributed by atoms with E-state index in [1.54, 1.807) is 0 Å². The topological polar surface area (TPSA) is 48.9 Å². The van der Waals surface area contributed by atoms with Gasteiger partial charge in [0, 0.05) is 25.2 Å². The monoisotopic (exact) mass is 488 g/mol. The van der Waals surface area contributed by atoms with E-state index in [1.165, 1.54) is 25.1 Å². The van der Waals surface area contributed by atoms with E-state index in [-0.39, 0.29) is 30.1 Å². The zero-order chi connectivity index (χ0) is 18.9. The van der Waals surface area contributed by atoms with Gasteiger partial charge in [0.2, 0.25) is 0 Å². The number of ether oxygens (including phenoxy) is 1. The minimum Gasteiger partial charge on any atom is -0.491 e. The standard InChI is InChI=1S/C21H36N4O.HI/c1-6-22-21(23-13-18-10-11-25(7-2)15-18)24-14-19-9-8-17(5)12-20(19)26-16(3)4;/h8-9,12,16,18H,6-7,10-11,13-15H2,1-5H3,(H2,22,23,24);1H. The second kappa shape index (κ2) is 12.4. The lowest BCUT2D eigenvalue weighted by atomic mass is 10.1. The lowest BCUT2D eigenvalue weighted by Crippen LogP contribution is -2.40. The van der Waals surface area contributed by atoms with Crippen LogP contribution < -0.4 is 15.4 Å². The fourth-order valence-electron chi connectivity index (χ4n) is 3.27. The number of hydrogen-bond acceptors (Lipinski definition) is 3. The highest BCUT2D eigenvalue weighted by molar-refractivity contribution is 14.0. The molecule has 1 aliphatic heterocycles. The quantitative estimate of drug-likeness (QED) is 0.332. The number of halogens is 1. The molecule has 1 aromatic rings. The highest BCUT2D eigenvalue weighted by Gasteiger charge is 2.21. The number of aryl methyl sites for hydroxylation is 1. The van der Waals surface area contributed by atoms with E-state index in [4.69, 9.17) is 9.73 Å². The summed E-state index contributed by atoms with van der Waals surface area (Å²) in [5.41, 5.74) is 2.33. The summed E-state index contributed by atoms with van der Waals surface area (Å²) in [5, 5.41) is 6.88. The number of likely N-dealkylation sites (tertiary alicyclic amines) is 1. The van der Waals surface area contributed by atoms with Crippen molar-refractivity contribution in [3.05, 3.63) is 29.3 Å². The average Bonchev–Trinajstić information content (AvgIpc) is 3.06. The molecule has 1 unspecified atom stereocenters. The van der Waals surface area contributed by atoms with Crippen LogP contribution in [0.2, 0.25) is 0 Å². The highest BCUT2D eigenvalue weighted by Crippen LogP contribution is 2.22. The van der Waals surface area contributed by atoms with Crippen LogP contribution in [0.3, 0.4) is 0 Å². The van der Waals surface area contributed by atoms with Gasteiger partial charge in [-0.05, 0) is 64.8 Å². The third-order valence-corrected chi connectivity index (χ3v) is 4.71. The van der Waals surface area contributed by atoms with Gasteiger partial charge >= 0.3 is 0 Å². The van der Waals surface area contributed by atoms with E-state index in [0.29, 0.717) is 12.5 Å². The molecule has 0 spiro atoms. The molecule has 27 heavy (non-hydrogen) atoms. The molecule has 1 aliphatic rings. The normalized spacial score (nSPS) is 17.7. The van der Waals surface area contributed by atoms with Gasteiger partial charge in [-0.3, -0.25) is 0 Å². The third kappa shape index (κ3) is 8.25. The number of aliphatic imine (C=N–C) groups is 1. The number of nitrogens with zero attached hydrogens (tertiary/aromatic N) is 2. The first kappa shape index (κ1) is 24.0. The molecule has 6 heteroatoms. The molecule has 1 saturated heterocycles. The van der Waals surface area contributed by atoms with Crippen molar-refractivity contribution in [2.24, 2.45) is 10.9 Å². The van der Waals surface area contributed by atoms with E-state index in [0.717, 1.165) is 36.9 Å². The summed E-state index contributed by atoms with van der Waals surface area (Å²) in [6, 6.07) is 6.34. The predicted molar refractivity (Wildman–Crippen MR) is 125 cm³/mol. The first-order valence-electron chi connectivity index (χ1n) is 10.0. The molecule has 1 atom stereocenters. The van der Waals surface area contributed by atoms with Crippen molar-refractivity contribution < 1.29 is 4.74 Å². The molecule has 0 bridgehead atoms. The average molecular weight is 488 g/mol. The fraction of sp³-hybridized carbons (Fsp3) is 0.667. The summed E-state index contributed by atoms with van der Waals surface area (Å²) in [6.07, 6.45) is 1.43. The van der Waals surface area contributed by atoms with Gasteiger partial charge in [0.25, 0.3) is 0 Å². The van der Waals surface area contributed by atoms with E-state index in [9.17, 15) is 0 Å². The van der Waals surface area contributed by atoms with Gasteiger partial charge in [-0.2, -0.15) is 0 Å². The van der Waals surface area contributed by atoms with Gasteiger partial charge in [0.15, 0.2) is 5.96 Å². The molecule has 1 fully saturated rings. The molecule has 2 N–H and O–H groups in total. The molecule has 0 radical (unpaired) electrons. The van der Waals surface area contributed by atoms with Crippen LogP contribution in [0.4, 0.5) is 0 Å². The minimum absolute atomic E-state index is 0. The van der Waals surface area contributed by atoms with Crippen LogP contribution in [-0.2, 0) is 6.54 Å². The van der Waals surface area contributed by atoms with Gasteiger partial charge < -0.3 is 20.3 Å². The molecule has 1 heterocycles. The maximum absolute atomic E-state index is 5.97. The lowest BCUT2D eigenvalue weighted by molar-refractivity contribution is 0.240. The molecule has 154 valence electrons. The molecule has 0 aliphatic carbocycles. The summed E-state index contributed by atoms with van der Waals surface area (Å²) in [4.78, 5) is 7.29. The lowest BCUT2D eigenvalue weighted by Gasteiger charge is -2.17. The Bertz CT molecular complexity index is 592. The Labute approximate surface area is 182 Å². The maximum Gasteiger partial charge on any atom is 0.191 e. The SMILES string of the molecule is CCNC(=NCc1ccc(C)cc1OC(C)C)NCC1CCN(CC)C1.I. The Balaban J connectivity index is 0.00000364. The number of benzene rings is 1. The van der Waals surface area contributed by atoms with Crippen LogP contribution in [0.25, 0.3) is 0 Å². The van der Waals surface area contributed by atoms with Gasteiger partial charge in [0.05, 0.1) is 12.6 Å². The fourth-order valence-corrected chi connectivity index (χ4v) is 3.27. The van der Waals surface area contributed by atoms with Crippen LogP contribution in [0.15, 0.2) is 23.2 Å². The number of guanidine groups is 1. The predicted octanol–water partition coefficient (Wildman–Crippen LogP) is 3.80. The second-order valence-corrected chi connectivity index (χ2v) is 7.40. The van der Waals surface area contributed by atoms with Crippen molar-refractivity contribution in [2.45, 2.75) is 53.7 Å². The third-order valence-electron chi connectivity index (χ3n) is 4.71. The molecule has 0 amide bonds. The van der Waals surface area contributed by atoms with Crippen molar-refractivity contribution in [1.29, 1.82) is 0 Å². The second-order valence-electron chi connectivity index (χ2n) is 7.40. The number of hydrogen-bond donors (Lipinski definition) is 2. The van der Waals surface area contributed by atoms with Crippen LogP contribution >= 0.6 is 24.0 Å². The Morgan fingerprint density at radius 3 is 2.70 bits per heavy atom. The first-order chi connectivity index (χ1) is 12.5. The van der Waals surface area contributed by atoms with Crippen molar-refractivity contribution >= 4 is 29.9 Å². The number of nitrogens with one attached hydrogen (secondary N) is 2. The summed E-state index contributed by atoms with van der Waals surface area (Å²) in [6.45, 7) is 16.6. The van der Waals surface area contributed by atoms with Gasteiger partial charge in [-0.25, -0.2) is 4.99 Å². The summed E-state index contributed by atoms with van der Waals surface area (Å²) in [5.74, 6) is 2.53. The van der Waals surface area contributed by atoms with Crippen molar-refractivity contribution in [3.63, 3.8) is 0 Å². The van der Waals surface area contributed by atoms with Gasteiger partial charge in [-0.1, -0.05) is 19.1 Å². The Morgan fingerprint density at radius 2 is 2.07 bits per heavy atom. The number of rotatable bonds is 8. The molecule has 5 nitrogen and oxygen atoms in total. The van der Waals surface area contributed by atoms with Crippen LogP contribution in [-0.4, -0.2) is 49.7 Å². The largest absolute Gasteiger partial charge is 0.491 e. The first-order valence-corrected chi connectivity index (χ1v) is 10.0.